The fraction of sp³-hybridized carbons (Fsp3) is 0.350. The van der Waals surface area contributed by atoms with Gasteiger partial charge < -0.3 is 43.8 Å². The molecule has 2 N–H and O–H groups in total. The van der Waals surface area contributed by atoms with Crippen LogP contribution in [-0.4, -0.2) is 91.2 Å². The van der Waals surface area contributed by atoms with Crippen molar-refractivity contribution in [2.24, 2.45) is 0 Å². The van der Waals surface area contributed by atoms with Gasteiger partial charge in [0.25, 0.3) is 0 Å². The summed E-state index contributed by atoms with van der Waals surface area (Å²) < 4.78 is 38.1. The van der Waals surface area contributed by atoms with E-state index in [9.17, 15) is 9.59 Å². The lowest BCUT2D eigenvalue weighted by Gasteiger charge is -2.14. The van der Waals surface area contributed by atoms with Gasteiger partial charge in [-0.05, 0) is 47.5 Å². The van der Waals surface area contributed by atoms with Crippen LogP contribution >= 0.6 is 46.4 Å². The Hall–Kier alpha value is -3.62. The van der Waals surface area contributed by atoms with Gasteiger partial charge in [-0.3, -0.25) is 9.59 Å². The van der Waals surface area contributed by atoms with Crippen LogP contribution in [0.15, 0.2) is 84.9 Å². The van der Waals surface area contributed by atoms with Crippen molar-refractivity contribution < 1.29 is 42.7 Å². The third-order valence-electron chi connectivity index (χ3n) is 7.62. The summed E-state index contributed by atoms with van der Waals surface area (Å²) >= 11 is 25.1. The molecule has 0 amide bonds. The summed E-state index contributed by atoms with van der Waals surface area (Å²) in [6.07, 6.45) is 0.151. The number of esters is 2. The zero-order valence-electron chi connectivity index (χ0n) is 30.2. The van der Waals surface area contributed by atoms with Crippen LogP contribution in [-0.2, 0) is 55.6 Å². The first-order valence-corrected chi connectivity index (χ1v) is 19.1. The molecule has 0 radical (unpaired) electrons. The van der Waals surface area contributed by atoms with Gasteiger partial charge in [0.1, 0.15) is 13.2 Å². The second kappa shape index (κ2) is 25.5. The van der Waals surface area contributed by atoms with Gasteiger partial charge in [-0.15, -0.1) is 0 Å². The van der Waals surface area contributed by atoms with Crippen LogP contribution in [0.25, 0.3) is 0 Å². The maximum atomic E-state index is 12.4. The van der Waals surface area contributed by atoms with Crippen LogP contribution in [0.1, 0.15) is 11.1 Å². The smallest absolute Gasteiger partial charge is 0.310 e. The number of halogens is 4. The van der Waals surface area contributed by atoms with Crippen molar-refractivity contribution in [3.8, 4) is 0 Å². The Morgan fingerprint density at radius 3 is 1.02 bits per heavy atom. The van der Waals surface area contributed by atoms with Crippen LogP contribution in [0, 0.1) is 0 Å². The number of anilines is 4. The van der Waals surface area contributed by atoms with Crippen LogP contribution in [0.2, 0.25) is 20.1 Å². The van der Waals surface area contributed by atoms with E-state index in [0.29, 0.717) is 95.7 Å². The van der Waals surface area contributed by atoms with Crippen molar-refractivity contribution in [2.75, 3.05) is 89.9 Å². The minimum atomic E-state index is -0.378. The van der Waals surface area contributed by atoms with Crippen molar-refractivity contribution in [3.63, 3.8) is 0 Å². The predicted octanol–water partition coefficient (Wildman–Crippen LogP) is 8.74. The highest BCUT2D eigenvalue weighted by molar-refractivity contribution is 6.39. The lowest BCUT2D eigenvalue weighted by atomic mass is 10.1. The van der Waals surface area contributed by atoms with E-state index in [-0.39, 0.29) is 51.2 Å². The third kappa shape index (κ3) is 16.6. The molecule has 0 bridgehead atoms. The summed E-state index contributed by atoms with van der Waals surface area (Å²) in [5.41, 5.74) is 4.07. The summed E-state index contributed by atoms with van der Waals surface area (Å²) in [5, 5.41) is 8.33. The van der Waals surface area contributed by atoms with E-state index >= 15 is 0 Å². The number of nitrogens with one attached hydrogen (secondary N) is 2. The van der Waals surface area contributed by atoms with E-state index in [1.54, 1.807) is 36.4 Å². The number of hydrogen-bond donors (Lipinski definition) is 2. The summed E-state index contributed by atoms with van der Waals surface area (Å²) in [6.45, 7) is 3.88. The van der Waals surface area contributed by atoms with Crippen LogP contribution in [0.5, 0.6) is 0 Å². The molecule has 0 aliphatic heterocycles. The Morgan fingerprint density at radius 1 is 0.400 bits per heavy atom. The molecule has 11 nitrogen and oxygen atoms in total. The highest BCUT2D eigenvalue weighted by atomic mass is 35.5. The fourth-order valence-corrected chi connectivity index (χ4v) is 5.90. The van der Waals surface area contributed by atoms with Gasteiger partial charge in [-0.1, -0.05) is 94.9 Å². The molecule has 4 rings (SSSR count). The average molecular weight is 839 g/mol. The van der Waals surface area contributed by atoms with Gasteiger partial charge in [0.2, 0.25) is 0 Å². The van der Waals surface area contributed by atoms with Gasteiger partial charge in [-0.2, -0.15) is 0 Å². The molecular weight excluding hydrogens is 794 g/mol. The molecule has 0 saturated carbocycles. The molecule has 0 aliphatic rings. The van der Waals surface area contributed by atoms with Crippen LogP contribution in [0.3, 0.4) is 0 Å². The Balaban J connectivity index is 0.918. The first-order valence-electron chi connectivity index (χ1n) is 17.6. The lowest BCUT2D eigenvalue weighted by molar-refractivity contribution is -0.145. The number of para-hydroxylation sites is 4. The van der Waals surface area contributed by atoms with E-state index in [4.69, 9.17) is 79.6 Å². The molecule has 4 aromatic carbocycles. The molecule has 296 valence electrons. The van der Waals surface area contributed by atoms with Crippen molar-refractivity contribution in [1.29, 1.82) is 0 Å². The molecule has 0 spiro atoms. The van der Waals surface area contributed by atoms with Crippen molar-refractivity contribution >= 4 is 81.1 Å². The maximum Gasteiger partial charge on any atom is 0.310 e. The molecule has 0 fully saturated rings. The zero-order valence-corrected chi connectivity index (χ0v) is 33.2. The monoisotopic (exact) mass is 836 g/mol. The minimum Gasteiger partial charge on any atom is -0.463 e. The average Bonchev–Trinajstić information content (AvgIpc) is 3.17. The molecule has 0 saturated heterocycles. The second-order valence-electron chi connectivity index (χ2n) is 11.6. The molecule has 4 aromatic rings. The standard InChI is InChI=1S/C40H44Cl4N2O9/c41-31-9-5-10-32(42)39(31)45-35-13-3-1-7-29(35)27-37(47)54-25-23-52-21-19-50-17-15-49-16-18-51-20-22-53-24-26-55-38(48)28-30-8-2-4-14-36(30)46-40-33(43)11-6-12-34(40)44/h1-14,45-46H,15-28H2. The normalized spacial score (nSPS) is 11.0. The predicted molar refractivity (Wildman–Crippen MR) is 216 cm³/mol. The van der Waals surface area contributed by atoms with Gasteiger partial charge in [0.05, 0.1) is 110 Å². The molecule has 0 aliphatic carbocycles. The van der Waals surface area contributed by atoms with Gasteiger partial charge in [-0.25, -0.2) is 0 Å². The van der Waals surface area contributed by atoms with Crippen molar-refractivity contribution in [1.82, 2.24) is 0 Å². The second-order valence-corrected chi connectivity index (χ2v) is 13.2. The van der Waals surface area contributed by atoms with E-state index in [1.807, 2.05) is 48.5 Å². The number of carbonyl (C=O) groups is 2. The number of rotatable bonds is 26. The largest absolute Gasteiger partial charge is 0.463 e. The number of benzene rings is 4. The zero-order chi connectivity index (χ0) is 39.1. The first-order chi connectivity index (χ1) is 26.8. The fourth-order valence-electron chi connectivity index (χ4n) is 4.92. The molecule has 0 unspecified atom stereocenters. The van der Waals surface area contributed by atoms with Gasteiger partial charge in [0, 0.05) is 11.4 Å². The summed E-state index contributed by atoms with van der Waals surface area (Å²) in [4.78, 5) is 24.8. The van der Waals surface area contributed by atoms with Crippen molar-refractivity contribution in [2.45, 2.75) is 12.8 Å². The van der Waals surface area contributed by atoms with Crippen LogP contribution < -0.4 is 10.6 Å². The molecule has 0 heterocycles. The summed E-state index contributed by atoms with van der Waals surface area (Å²) in [5.74, 6) is -0.756. The summed E-state index contributed by atoms with van der Waals surface area (Å²) in [7, 11) is 0. The highest BCUT2D eigenvalue weighted by Gasteiger charge is 2.14. The quantitative estimate of drug-likeness (QED) is 0.0467. The third-order valence-corrected chi connectivity index (χ3v) is 8.88. The summed E-state index contributed by atoms with van der Waals surface area (Å²) in [6, 6.07) is 25.2. The molecule has 55 heavy (non-hydrogen) atoms. The Kier molecular flexibility index (Phi) is 20.5. The van der Waals surface area contributed by atoms with E-state index in [2.05, 4.69) is 10.6 Å². The van der Waals surface area contributed by atoms with E-state index in [1.165, 1.54) is 0 Å². The minimum absolute atomic E-state index is 0.0755. The molecular formula is C40H44Cl4N2O9. The van der Waals surface area contributed by atoms with E-state index in [0.717, 1.165) is 11.1 Å². The molecule has 15 heteroatoms. The first kappa shape index (κ1) is 44.1. The number of hydrogen-bond acceptors (Lipinski definition) is 11. The Morgan fingerprint density at radius 2 is 0.691 bits per heavy atom. The number of ether oxygens (including phenoxy) is 7. The van der Waals surface area contributed by atoms with Gasteiger partial charge >= 0.3 is 11.9 Å². The molecule has 0 aromatic heterocycles. The topological polar surface area (TPSA) is 123 Å². The van der Waals surface area contributed by atoms with Gasteiger partial charge in [0.15, 0.2) is 0 Å². The maximum absolute atomic E-state index is 12.4. The van der Waals surface area contributed by atoms with Crippen LogP contribution in [0.4, 0.5) is 22.7 Å². The number of carbonyl (C=O) groups excluding carboxylic acids is 2. The SMILES string of the molecule is O=C(Cc1ccccc1Nc1c(Cl)cccc1Cl)OCCOCCOCCOCCOCCOCCOC(=O)Cc1ccccc1Nc1c(Cl)cccc1Cl. The van der Waals surface area contributed by atoms with E-state index < -0.39 is 0 Å². The molecule has 0 atom stereocenters. The highest BCUT2D eigenvalue weighted by Crippen LogP contribution is 2.35. The Labute approximate surface area is 341 Å². The lowest BCUT2D eigenvalue weighted by Crippen LogP contribution is -2.16. The Bertz CT molecular complexity index is 1620. The van der Waals surface area contributed by atoms with Crippen molar-refractivity contribution in [3.05, 3.63) is 116 Å².